The maximum atomic E-state index is 9.99. The van der Waals surface area contributed by atoms with E-state index < -0.39 is 0 Å². The second-order valence-corrected chi connectivity index (χ2v) is 5.68. The molecule has 0 amide bonds. The molecule has 0 spiro atoms. The van der Waals surface area contributed by atoms with Crippen LogP contribution in [0.2, 0.25) is 0 Å². The summed E-state index contributed by atoms with van der Waals surface area (Å²) in [5, 5.41) is 13.4. The van der Waals surface area contributed by atoms with Crippen molar-refractivity contribution in [3.05, 3.63) is 0 Å². The molecule has 3 unspecified atom stereocenters. The quantitative estimate of drug-likeness (QED) is 0.626. The van der Waals surface area contributed by atoms with Crippen LogP contribution >= 0.6 is 0 Å². The van der Waals surface area contributed by atoms with Gasteiger partial charge in [0.1, 0.15) is 0 Å². The third-order valence-corrected chi connectivity index (χ3v) is 3.81. The highest BCUT2D eigenvalue weighted by molar-refractivity contribution is 4.84. The smallest absolute Gasteiger partial charge is 0.0566 e. The fourth-order valence-electron chi connectivity index (χ4n) is 2.66. The molecule has 0 radical (unpaired) electrons. The highest BCUT2D eigenvalue weighted by atomic mass is 16.3. The van der Waals surface area contributed by atoms with Gasteiger partial charge in [-0.2, -0.15) is 0 Å². The predicted molar refractivity (Wildman–Crippen MR) is 71.9 cm³/mol. The van der Waals surface area contributed by atoms with E-state index in [1.54, 1.807) is 0 Å². The van der Waals surface area contributed by atoms with Gasteiger partial charge in [0.2, 0.25) is 0 Å². The van der Waals surface area contributed by atoms with Gasteiger partial charge in [0.25, 0.3) is 0 Å². The molecule has 1 saturated heterocycles. The zero-order valence-corrected chi connectivity index (χ0v) is 11.5. The minimum absolute atomic E-state index is 0.171. The van der Waals surface area contributed by atoms with Crippen molar-refractivity contribution in [3.63, 3.8) is 0 Å². The fourth-order valence-corrected chi connectivity index (χ4v) is 2.66. The van der Waals surface area contributed by atoms with Crippen molar-refractivity contribution in [1.82, 2.24) is 10.2 Å². The summed E-state index contributed by atoms with van der Waals surface area (Å²) in [6.07, 6.45) is 1.91. The summed E-state index contributed by atoms with van der Waals surface area (Å²) in [7, 11) is 2.02. The lowest BCUT2D eigenvalue weighted by Crippen LogP contribution is -2.50. The number of nitrogens with two attached hydrogens (primary N) is 1. The van der Waals surface area contributed by atoms with Crippen molar-refractivity contribution in [2.75, 3.05) is 33.2 Å². The summed E-state index contributed by atoms with van der Waals surface area (Å²) in [6, 6.07) is 0.541. The van der Waals surface area contributed by atoms with Gasteiger partial charge in [-0.1, -0.05) is 13.8 Å². The maximum Gasteiger partial charge on any atom is 0.0566 e. The first-order chi connectivity index (χ1) is 8.06. The van der Waals surface area contributed by atoms with E-state index in [4.69, 9.17) is 5.73 Å². The van der Waals surface area contributed by atoms with Crippen LogP contribution in [0.5, 0.6) is 0 Å². The van der Waals surface area contributed by atoms with E-state index >= 15 is 0 Å². The lowest BCUT2D eigenvalue weighted by molar-refractivity contribution is 0.0636. The number of hydrogen-bond donors (Lipinski definition) is 3. The standard InChI is InChI=1S/C13H29N3O/c1-10(2)13(17)7-11-6-12(15-3)9-16(8-11)5-4-14/h10-13,15,17H,4-9,14H2,1-3H3. The highest BCUT2D eigenvalue weighted by Crippen LogP contribution is 2.23. The van der Waals surface area contributed by atoms with Crippen molar-refractivity contribution in [1.29, 1.82) is 0 Å². The number of piperidine rings is 1. The van der Waals surface area contributed by atoms with E-state index in [0.29, 0.717) is 17.9 Å². The van der Waals surface area contributed by atoms with Gasteiger partial charge in [-0.3, -0.25) is 0 Å². The second kappa shape index (κ2) is 7.31. The van der Waals surface area contributed by atoms with Gasteiger partial charge in [-0.25, -0.2) is 0 Å². The van der Waals surface area contributed by atoms with Crippen molar-refractivity contribution in [2.24, 2.45) is 17.6 Å². The van der Waals surface area contributed by atoms with E-state index in [1.165, 1.54) is 6.42 Å². The molecule has 1 rings (SSSR count). The van der Waals surface area contributed by atoms with Crippen LogP contribution in [0.3, 0.4) is 0 Å². The molecule has 1 heterocycles. The molecule has 0 saturated carbocycles. The SMILES string of the molecule is CNC1CC(CC(O)C(C)C)CN(CCN)C1. The Morgan fingerprint density at radius 1 is 1.41 bits per heavy atom. The number of aliphatic hydroxyl groups is 1. The number of nitrogens with one attached hydrogen (secondary N) is 1. The van der Waals surface area contributed by atoms with Gasteiger partial charge in [0.15, 0.2) is 0 Å². The molecule has 1 fully saturated rings. The molecule has 0 aromatic carbocycles. The fraction of sp³-hybridized carbons (Fsp3) is 1.00. The Balaban J connectivity index is 2.47. The summed E-state index contributed by atoms with van der Waals surface area (Å²) in [4.78, 5) is 2.42. The van der Waals surface area contributed by atoms with Gasteiger partial charge >= 0.3 is 0 Å². The Morgan fingerprint density at radius 3 is 2.65 bits per heavy atom. The van der Waals surface area contributed by atoms with Crippen LogP contribution in [0.4, 0.5) is 0 Å². The molecule has 1 aliphatic rings. The molecule has 3 atom stereocenters. The van der Waals surface area contributed by atoms with Crippen LogP contribution < -0.4 is 11.1 Å². The monoisotopic (exact) mass is 243 g/mol. The predicted octanol–water partition coefficient (Wildman–Crippen LogP) is 0.262. The van der Waals surface area contributed by atoms with Gasteiger partial charge in [-0.15, -0.1) is 0 Å². The Labute approximate surface area is 106 Å². The third-order valence-electron chi connectivity index (χ3n) is 3.81. The van der Waals surface area contributed by atoms with Crippen molar-refractivity contribution in [3.8, 4) is 0 Å². The normalized spacial score (nSPS) is 28.6. The summed E-state index contributed by atoms with van der Waals surface area (Å²) >= 11 is 0. The second-order valence-electron chi connectivity index (χ2n) is 5.68. The van der Waals surface area contributed by atoms with Crippen molar-refractivity contribution < 1.29 is 5.11 Å². The summed E-state index contributed by atoms with van der Waals surface area (Å²) < 4.78 is 0. The Kier molecular flexibility index (Phi) is 6.41. The molecule has 17 heavy (non-hydrogen) atoms. The number of aliphatic hydroxyl groups excluding tert-OH is 1. The molecular formula is C13H29N3O. The highest BCUT2D eigenvalue weighted by Gasteiger charge is 2.28. The number of likely N-dealkylation sites (tertiary alicyclic amines) is 1. The Morgan fingerprint density at radius 2 is 2.12 bits per heavy atom. The van der Waals surface area contributed by atoms with Crippen molar-refractivity contribution >= 4 is 0 Å². The summed E-state index contributed by atoms with van der Waals surface area (Å²) in [6.45, 7) is 8.02. The van der Waals surface area contributed by atoms with Crippen LogP contribution in [-0.2, 0) is 0 Å². The zero-order valence-electron chi connectivity index (χ0n) is 11.5. The van der Waals surface area contributed by atoms with E-state index in [9.17, 15) is 5.11 Å². The molecule has 0 aromatic rings. The summed E-state index contributed by atoms with van der Waals surface area (Å²) in [5.74, 6) is 0.943. The minimum atomic E-state index is -0.171. The third kappa shape index (κ3) is 4.92. The van der Waals surface area contributed by atoms with Crippen LogP contribution in [0.15, 0.2) is 0 Å². The zero-order chi connectivity index (χ0) is 12.8. The summed E-state index contributed by atoms with van der Waals surface area (Å²) in [5.41, 5.74) is 5.63. The van der Waals surface area contributed by atoms with Crippen molar-refractivity contribution in [2.45, 2.75) is 38.8 Å². The maximum absolute atomic E-state index is 9.99. The first-order valence-corrected chi connectivity index (χ1v) is 6.84. The van der Waals surface area contributed by atoms with Gasteiger partial charge < -0.3 is 21.1 Å². The van der Waals surface area contributed by atoms with Gasteiger partial charge in [0.05, 0.1) is 6.10 Å². The number of nitrogens with zero attached hydrogens (tertiary/aromatic N) is 1. The molecule has 4 heteroatoms. The van der Waals surface area contributed by atoms with Gasteiger partial charge in [-0.05, 0) is 31.7 Å². The average Bonchev–Trinajstić information content (AvgIpc) is 2.28. The molecule has 102 valence electrons. The molecule has 0 bridgehead atoms. The first kappa shape index (κ1) is 14.9. The van der Waals surface area contributed by atoms with E-state index in [0.717, 1.165) is 32.6 Å². The molecular weight excluding hydrogens is 214 g/mol. The molecule has 4 nitrogen and oxygen atoms in total. The van der Waals surface area contributed by atoms with E-state index in [-0.39, 0.29) is 6.10 Å². The topological polar surface area (TPSA) is 61.5 Å². The molecule has 4 N–H and O–H groups in total. The van der Waals surface area contributed by atoms with Gasteiger partial charge in [0, 0.05) is 32.2 Å². The molecule has 1 aliphatic heterocycles. The lowest BCUT2D eigenvalue weighted by atomic mass is 9.87. The minimum Gasteiger partial charge on any atom is -0.393 e. The average molecular weight is 243 g/mol. The Hall–Kier alpha value is -0.160. The van der Waals surface area contributed by atoms with Crippen LogP contribution in [0, 0.1) is 11.8 Å². The molecule has 0 aromatic heterocycles. The van der Waals surface area contributed by atoms with Crippen LogP contribution in [0.1, 0.15) is 26.7 Å². The Bertz CT molecular complexity index is 211. The number of likely N-dealkylation sites (N-methyl/N-ethyl adjacent to an activating group) is 1. The largest absolute Gasteiger partial charge is 0.393 e. The number of rotatable bonds is 6. The molecule has 0 aliphatic carbocycles. The van der Waals surface area contributed by atoms with E-state index in [1.807, 2.05) is 7.05 Å². The number of hydrogen-bond acceptors (Lipinski definition) is 4. The lowest BCUT2D eigenvalue weighted by Gasteiger charge is -2.38. The van der Waals surface area contributed by atoms with Crippen LogP contribution in [0.25, 0.3) is 0 Å². The van der Waals surface area contributed by atoms with Crippen LogP contribution in [-0.4, -0.2) is 55.4 Å². The first-order valence-electron chi connectivity index (χ1n) is 6.84. The van der Waals surface area contributed by atoms with E-state index in [2.05, 4.69) is 24.1 Å².